The lowest BCUT2D eigenvalue weighted by Gasteiger charge is -2.08. The van der Waals surface area contributed by atoms with Gasteiger partial charge < -0.3 is 10.1 Å². The van der Waals surface area contributed by atoms with Crippen LogP contribution in [0.15, 0.2) is 53.7 Å². The summed E-state index contributed by atoms with van der Waals surface area (Å²) in [6, 6.07) is 9.50. The number of H-pyrrole nitrogens is 1. The Bertz CT molecular complexity index is 1360. The van der Waals surface area contributed by atoms with Crippen LogP contribution in [0.25, 0.3) is 17.0 Å². The summed E-state index contributed by atoms with van der Waals surface area (Å²) < 4.78 is 27.1. The summed E-state index contributed by atoms with van der Waals surface area (Å²) in [4.78, 5) is 18.2. The second-order valence-electron chi connectivity index (χ2n) is 6.19. The first-order chi connectivity index (χ1) is 13.7. The van der Waals surface area contributed by atoms with Gasteiger partial charge in [0.15, 0.2) is 9.84 Å². The molecule has 0 saturated carbocycles. The van der Waals surface area contributed by atoms with Crippen LogP contribution in [0, 0.1) is 0 Å². The number of rotatable bonds is 5. The zero-order valence-corrected chi connectivity index (χ0v) is 16.8. The minimum atomic E-state index is -3.78. The molecule has 0 unspecified atom stereocenters. The number of hydrogen-bond acceptors (Lipinski definition) is 5. The molecule has 2 aromatic carbocycles. The molecule has 0 spiro atoms. The Kier molecular flexibility index (Phi) is 4.81. The van der Waals surface area contributed by atoms with E-state index in [2.05, 4.69) is 15.1 Å². The number of aromatic amines is 1. The fraction of sp³-hybridized carbons (Fsp3) is 0.0556. The molecule has 0 bridgehead atoms. The molecule has 0 amide bonds. The van der Waals surface area contributed by atoms with E-state index < -0.39 is 15.8 Å². The van der Waals surface area contributed by atoms with Gasteiger partial charge in [-0.15, -0.1) is 0 Å². The van der Waals surface area contributed by atoms with Crippen molar-refractivity contribution < 1.29 is 18.3 Å². The van der Waals surface area contributed by atoms with Crippen LogP contribution in [0.5, 0.6) is 0 Å². The summed E-state index contributed by atoms with van der Waals surface area (Å²) in [5.74, 6) is -1.20. The molecule has 2 heterocycles. The molecule has 11 heteroatoms. The second-order valence-corrected chi connectivity index (χ2v) is 8.96. The lowest BCUT2D eigenvalue weighted by molar-refractivity contribution is 0.0697. The maximum atomic E-state index is 12.9. The van der Waals surface area contributed by atoms with Crippen molar-refractivity contribution in [2.24, 2.45) is 0 Å². The summed E-state index contributed by atoms with van der Waals surface area (Å²) in [5, 5.41) is 13.3. The number of halogens is 2. The van der Waals surface area contributed by atoms with Crippen molar-refractivity contribution in [1.82, 2.24) is 19.7 Å². The lowest BCUT2D eigenvalue weighted by Crippen LogP contribution is -2.06. The molecular formula is C18H12Cl2N4O4S. The van der Waals surface area contributed by atoms with E-state index in [-0.39, 0.29) is 27.2 Å². The van der Waals surface area contributed by atoms with Crippen LogP contribution in [0.1, 0.15) is 15.9 Å². The number of carboxylic acid groups (broad SMARTS) is 1. The molecule has 148 valence electrons. The van der Waals surface area contributed by atoms with Crippen LogP contribution in [-0.4, -0.2) is 39.2 Å². The summed E-state index contributed by atoms with van der Waals surface area (Å²) in [6.07, 6.45) is 2.47. The molecule has 0 aliphatic rings. The van der Waals surface area contributed by atoms with E-state index in [0.29, 0.717) is 21.6 Å². The molecule has 8 nitrogen and oxygen atoms in total. The zero-order chi connectivity index (χ0) is 20.8. The smallest absolute Gasteiger partial charge is 0.338 e. The number of carboxylic acids is 1. The van der Waals surface area contributed by atoms with Crippen LogP contribution in [0.2, 0.25) is 10.0 Å². The molecule has 4 aromatic rings. The van der Waals surface area contributed by atoms with Crippen LogP contribution < -0.4 is 0 Å². The molecule has 4 rings (SSSR count). The maximum absolute atomic E-state index is 12.9. The van der Waals surface area contributed by atoms with E-state index in [1.54, 1.807) is 24.3 Å². The van der Waals surface area contributed by atoms with Crippen LogP contribution in [-0.2, 0) is 15.6 Å². The minimum absolute atomic E-state index is 0.00787. The summed E-state index contributed by atoms with van der Waals surface area (Å²) in [5.41, 5.74) is 1.28. The van der Waals surface area contributed by atoms with Gasteiger partial charge in [0.05, 0.1) is 38.5 Å². The second kappa shape index (κ2) is 7.18. The predicted molar refractivity (Wildman–Crippen MR) is 108 cm³/mol. The number of nitrogens with one attached hydrogen (secondary N) is 1. The van der Waals surface area contributed by atoms with Gasteiger partial charge in [-0.3, -0.25) is 0 Å². The highest BCUT2D eigenvalue weighted by Gasteiger charge is 2.22. The molecule has 2 N–H and O–H groups in total. The molecule has 0 radical (unpaired) electrons. The summed E-state index contributed by atoms with van der Waals surface area (Å²) >= 11 is 12.3. The molecule has 0 fully saturated rings. The van der Waals surface area contributed by atoms with Gasteiger partial charge in [-0.2, -0.15) is 5.10 Å². The average molecular weight is 451 g/mol. The Hall–Kier alpha value is -2.88. The molecular weight excluding hydrogens is 439 g/mol. The summed E-state index contributed by atoms with van der Waals surface area (Å²) in [7, 11) is -3.78. The molecule has 0 aliphatic heterocycles. The van der Waals surface area contributed by atoms with Crippen molar-refractivity contribution in [3.63, 3.8) is 0 Å². The van der Waals surface area contributed by atoms with Crippen LogP contribution >= 0.6 is 23.2 Å². The van der Waals surface area contributed by atoms with Crippen molar-refractivity contribution in [3.05, 3.63) is 70.0 Å². The van der Waals surface area contributed by atoms with Gasteiger partial charge in [-0.05, 0) is 23.8 Å². The van der Waals surface area contributed by atoms with Crippen molar-refractivity contribution in [3.8, 4) is 5.95 Å². The van der Waals surface area contributed by atoms with Gasteiger partial charge in [0.2, 0.25) is 5.95 Å². The highest BCUT2D eigenvalue weighted by molar-refractivity contribution is 7.90. The van der Waals surface area contributed by atoms with Gasteiger partial charge in [0, 0.05) is 11.2 Å². The number of fused-ring (bicyclic) bond motifs is 1. The van der Waals surface area contributed by atoms with Gasteiger partial charge >= 0.3 is 5.97 Å². The average Bonchev–Trinajstić information content (AvgIpc) is 3.29. The number of aromatic nitrogens is 4. The van der Waals surface area contributed by atoms with E-state index in [9.17, 15) is 13.2 Å². The lowest BCUT2D eigenvalue weighted by atomic mass is 10.2. The molecule has 0 aliphatic carbocycles. The fourth-order valence-electron chi connectivity index (χ4n) is 2.79. The monoisotopic (exact) mass is 450 g/mol. The molecule has 29 heavy (non-hydrogen) atoms. The van der Waals surface area contributed by atoms with Gasteiger partial charge in [-0.25, -0.2) is 22.9 Å². The van der Waals surface area contributed by atoms with Gasteiger partial charge in [0.1, 0.15) is 0 Å². The SMILES string of the molecule is O=C(O)c1cnn(-c2nc3cc(Cl)c(S(=O)(=O)Cc4ccccc4Cl)cc3[nH]2)c1. The molecule has 2 aromatic heterocycles. The van der Waals surface area contributed by atoms with Gasteiger partial charge in [-0.1, -0.05) is 41.4 Å². The Balaban J connectivity index is 1.75. The summed E-state index contributed by atoms with van der Waals surface area (Å²) in [6.45, 7) is 0. The van der Waals surface area contributed by atoms with Gasteiger partial charge in [0.25, 0.3) is 0 Å². The number of hydrogen-bond donors (Lipinski definition) is 2. The number of sulfone groups is 1. The minimum Gasteiger partial charge on any atom is -0.478 e. The van der Waals surface area contributed by atoms with E-state index in [4.69, 9.17) is 28.3 Å². The number of aromatic carboxylic acids is 1. The van der Waals surface area contributed by atoms with Crippen LogP contribution in [0.3, 0.4) is 0 Å². The number of nitrogens with zero attached hydrogens (tertiary/aromatic N) is 3. The zero-order valence-electron chi connectivity index (χ0n) is 14.5. The Morgan fingerprint density at radius 3 is 2.62 bits per heavy atom. The highest BCUT2D eigenvalue weighted by atomic mass is 35.5. The van der Waals surface area contributed by atoms with E-state index in [1.807, 2.05) is 0 Å². The predicted octanol–water partition coefficient (Wildman–Crippen LogP) is 3.73. The fourth-order valence-corrected chi connectivity index (χ4v) is 5.05. The number of benzene rings is 2. The van der Waals surface area contributed by atoms with Crippen molar-refractivity contribution in [1.29, 1.82) is 0 Å². The Morgan fingerprint density at radius 1 is 1.17 bits per heavy atom. The quantitative estimate of drug-likeness (QED) is 0.478. The topological polar surface area (TPSA) is 118 Å². The van der Waals surface area contributed by atoms with E-state index >= 15 is 0 Å². The van der Waals surface area contributed by atoms with Crippen molar-refractivity contribution >= 4 is 50.0 Å². The van der Waals surface area contributed by atoms with Crippen molar-refractivity contribution in [2.75, 3.05) is 0 Å². The highest BCUT2D eigenvalue weighted by Crippen LogP contribution is 2.30. The maximum Gasteiger partial charge on any atom is 0.338 e. The number of imidazole rings is 1. The first-order valence-electron chi connectivity index (χ1n) is 8.18. The third-order valence-corrected chi connectivity index (χ3v) is 6.70. The standard InChI is InChI=1S/C18H12Cl2N4O4S/c19-12-4-2-1-3-10(12)9-29(27,28)16-6-15-14(5-13(16)20)22-18(23-15)24-8-11(7-21-24)17(25)26/h1-8H,9H2,(H,22,23)(H,25,26). The van der Waals surface area contributed by atoms with Crippen LogP contribution in [0.4, 0.5) is 0 Å². The normalized spacial score (nSPS) is 11.8. The third kappa shape index (κ3) is 3.71. The third-order valence-electron chi connectivity index (χ3n) is 4.21. The first kappa shape index (κ1) is 19.4. The Labute approximate surface area is 174 Å². The molecule has 0 saturated heterocycles. The van der Waals surface area contributed by atoms with Crippen molar-refractivity contribution in [2.45, 2.75) is 10.6 Å². The first-order valence-corrected chi connectivity index (χ1v) is 10.6. The Morgan fingerprint density at radius 2 is 1.93 bits per heavy atom. The largest absolute Gasteiger partial charge is 0.478 e. The molecule has 0 atom stereocenters. The van der Waals surface area contributed by atoms with E-state index in [1.165, 1.54) is 29.2 Å². The van der Waals surface area contributed by atoms with E-state index in [0.717, 1.165) is 0 Å². The number of carbonyl (C=O) groups is 1.